The Morgan fingerprint density at radius 1 is 1.44 bits per heavy atom. The Labute approximate surface area is 65.4 Å². The van der Waals surface area contributed by atoms with Crippen molar-refractivity contribution in [3.05, 3.63) is 21.8 Å². The van der Waals surface area contributed by atoms with Crippen molar-refractivity contribution < 1.29 is 0 Å². The Balaban J connectivity index is 2.19. The van der Waals surface area contributed by atoms with Crippen LogP contribution < -0.4 is 0 Å². The lowest BCUT2D eigenvalue weighted by molar-refractivity contribution is 1.09. The normalized spacial score (nSPS) is 25.1. The van der Waals surface area contributed by atoms with Crippen LogP contribution in [-0.4, -0.2) is 4.01 Å². The molecule has 0 spiro atoms. The second-order valence-electron chi connectivity index (χ2n) is 2.49. The molecule has 2 rings (SSSR count). The van der Waals surface area contributed by atoms with E-state index < -0.39 is 0 Å². The summed E-state index contributed by atoms with van der Waals surface area (Å²) in [5.74, 6) is 0.967. The summed E-state index contributed by atoms with van der Waals surface area (Å²) in [7, 11) is 0. The molecule has 48 valence electrons. The molecule has 1 aliphatic carbocycles. The average Bonchev–Trinajstić information content (AvgIpc) is 2.71. The second-order valence-corrected chi connectivity index (χ2v) is 4.56. The molecule has 1 aliphatic heterocycles. The highest BCUT2D eigenvalue weighted by Crippen LogP contribution is 2.37. The first kappa shape index (κ1) is 5.83. The van der Waals surface area contributed by atoms with E-state index in [-0.39, 0.29) is 0 Å². The number of rotatable bonds is 1. The molecule has 0 atom stereocenters. The summed E-state index contributed by atoms with van der Waals surface area (Å²) in [6.45, 7) is 0. The van der Waals surface area contributed by atoms with E-state index in [0.717, 1.165) is 5.92 Å². The topological polar surface area (TPSA) is 0 Å². The van der Waals surface area contributed by atoms with Crippen molar-refractivity contribution in [2.45, 2.75) is 12.8 Å². The van der Waals surface area contributed by atoms with Crippen LogP contribution in [0.4, 0.5) is 0 Å². The molecule has 0 radical (unpaired) electrons. The molecule has 0 unspecified atom stereocenters. The Morgan fingerprint density at radius 3 is 2.89 bits per heavy atom. The number of hydrogen-bond acceptors (Lipinski definition) is 0. The second kappa shape index (κ2) is 2.37. The minimum Gasteiger partial charge on any atom is -0.0934 e. The molecule has 0 aromatic rings. The third-order valence-corrected chi connectivity index (χ3v) is 3.58. The van der Waals surface area contributed by atoms with Crippen molar-refractivity contribution >= 4 is 24.7 Å². The van der Waals surface area contributed by atoms with E-state index >= 15 is 0 Å². The first-order chi connectivity index (χ1) is 4.47. The molecule has 0 aromatic carbocycles. The first-order valence-corrected chi connectivity index (χ1v) is 5.78. The zero-order valence-electron chi connectivity index (χ0n) is 5.18. The van der Waals surface area contributed by atoms with Gasteiger partial charge in [-0.05, 0) is 32.4 Å². The summed E-state index contributed by atoms with van der Waals surface area (Å²) in [4.78, 5) is 0. The summed E-state index contributed by atoms with van der Waals surface area (Å²) in [5, 5.41) is 0. The van der Waals surface area contributed by atoms with E-state index in [1.165, 1.54) is 12.8 Å². The van der Waals surface area contributed by atoms with Crippen molar-refractivity contribution in [2.24, 2.45) is 5.92 Å². The molecule has 9 heavy (non-hydrogen) atoms. The van der Waals surface area contributed by atoms with Gasteiger partial charge in [-0.2, -0.15) is 0 Å². The van der Waals surface area contributed by atoms with Crippen molar-refractivity contribution in [3.8, 4) is 0 Å². The van der Waals surface area contributed by atoms with E-state index in [1.54, 1.807) is 5.57 Å². The minimum absolute atomic E-state index is 0.307. The van der Waals surface area contributed by atoms with Crippen LogP contribution >= 0.6 is 20.7 Å². The van der Waals surface area contributed by atoms with Gasteiger partial charge in [0, 0.05) is 0 Å². The quantitative estimate of drug-likeness (QED) is 0.609. The fourth-order valence-electron chi connectivity index (χ4n) is 0.977. The standard InChI is InChI=1S/C8H9I/c1-2-8(6-9-5-1)7-3-4-7/h1-2,5-7H,3-4H2. The molecule has 1 saturated carbocycles. The molecule has 1 heterocycles. The Kier molecular flexibility index (Phi) is 1.53. The van der Waals surface area contributed by atoms with E-state index in [1.807, 2.05) is 0 Å². The highest BCUT2D eigenvalue weighted by molar-refractivity contribution is 14.2. The Hall–Kier alpha value is 0.0800. The van der Waals surface area contributed by atoms with Gasteiger partial charge < -0.3 is 0 Å². The lowest BCUT2D eigenvalue weighted by atomic mass is 10.2. The van der Waals surface area contributed by atoms with Crippen molar-refractivity contribution in [3.63, 3.8) is 0 Å². The molecule has 0 nitrogen and oxygen atoms in total. The monoisotopic (exact) mass is 232 g/mol. The third-order valence-electron chi connectivity index (χ3n) is 1.67. The molecule has 0 amide bonds. The maximum absolute atomic E-state index is 2.45. The van der Waals surface area contributed by atoms with Gasteiger partial charge in [-0.1, -0.05) is 32.9 Å². The number of halogens is 1. The molecule has 1 fully saturated rings. The van der Waals surface area contributed by atoms with Crippen LogP contribution in [0.3, 0.4) is 0 Å². The average molecular weight is 232 g/mol. The van der Waals surface area contributed by atoms with Crippen LogP contribution in [0.1, 0.15) is 12.8 Å². The zero-order chi connectivity index (χ0) is 6.10. The van der Waals surface area contributed by atoms with Crippen molar-refractivity contribution in [1.29, 1.82) is 0 Å². The van der Waals surface area contributed by atoms with Gasteiger partial charge in [0.25, 0.3) is 0 Å². The summed E-state index contributed by atoms with van der Waals surface area (Å²) in [6.07, 6.45) is 7.39. The summed E-state index contributed by atoms with van der Waals surface area (Å²) in [5.41, 5.74) is 1.63. The fraction of sp³-hybridized carbons (Fsp3) is 0.375. The third kappa shape index (κ3) is 1.31. The van der Waals surface area contributed by atoms with Gasteiger partial charge >= 0.3 is 0 Å². The van der Waals surface area contributed by atoms with E-state index in [9.17, 15) is 0 Å². The first-order valence-electron chi connectivity index (χ1n) is 3.29. The molecule has 0 bridgehead atoms. The molecule has 0 aromatic heterocycles. The van der Waals surface area contributed by atoms with Crippen molar-refractivity contribution in [2.75, 3.05) is 0 Å². The van der Waals surface area contributed by atoms with Gasteiger partial charge in [0.1, 0.15) is 0 Å². The van der Waals surface area contributed by atoms with Gasteiger partial charge in [0.2, 0.25) is 0 Å². The van der Waals surface area contributed by atoms with Crippen LogP contribution in [0.2, 0.25) is 0 Å². The van der Waals surface area contributed by atoms with Crippen LogP contribution in [0.15, 0.2) is 21.8 Å². The summed E-state index contributed by atoms with van der Waals surface area (Å²) < 4.78 is 4.77. The molecule has 2 aliphatic rings. The summed E-state index contributed by atoms with van der Waals surface area (Å²) in [6, 6.07) is 0. The highest BCUT2D eigenvalue weighted by Gasteiger charge is 2.24. The highest BCUT2D eigenvalue weighted by atomic mass is 127. The Bertz CT molecular complexity index is 195. The van der Waals surface area contributed by atoms with Gasteiger partial charge in [-0.3, -0.25) is 0 Å². The predicted octanol–water partition coefficient (Wildman–Crippen LogP) is 2.62. The summed E-state index contributed by atoms with van der Waals surface area (Å²) >= 11 is 0.307. The maximum atomic E-state index is 2.45. The smallest absolute Gasteiger partial charge is 0.0157 e. The molecule has 0 saturated heterocycles. The molecule has 0 N–H and O–H groups in total. The van der Waals surface area contributed by atoms with Crippen LogP contribution in [-0.2, 0) is 0 Å². The largest absolute Gasteiger partial charge is 0.0934 e. The Morgan fingerprint density at radius 2 is 2.33 bits per heavy atom. The number of hydrogen-bond donors (Lipinski definition) is 0. The van der Waals surface area contributed by atoms with Gasteiger partial charge in [0.15, 0.2) is 0 Å². The van der Waals surface area contributed by atoms with Crippen LogP contribution in [0, 0.1) is 5.92 Å². The SMILES string of the molecule is C1=CI=CC(C2CC2)=C1. The molecular formula is C8H9I. The van der Waals surface area contributed by atoms with E-state index in [0.29, 0.717) is 20.7 Å². The van der Waals surface area contributed by atoms with Gasteiger partial charge in [0.05, 0.1) is 0 Å². The van der Waals surface area contributed by atoms with Crippen LogP contribution in [0.25, 0.3) is 0 Å². The molecule has 1 heteroatoms. The number of allylic oxidation sites excluding steroid dienone is 3. The molecular weight excluding hydrogens is 223 g/mol. The van der Waals surface area contributed by atoms with Gasteiger partial charge in [-0.25, -0.2) is 0 Å². The van der Waals surface area contributed by atoms with E-state index in [4.69, 9.17) is 0 Å². The van der Waals surface area contributed by atoms with E-state index in [2.05, 4.69) is 20.2 Å². The minimum atomic E-state index is 0.307. The predicted molar refractivity (Wildman–Crippen MR) is 50.0 cm³/mol. The van der Waals surface area contributed by atoms with Crippen molar-refractivity contribution in [1.82, 2.24) is 0 Å². The van der Waals surface area contributed by atoms with Gasteiger partial charge in [-0.15, -0.1) is 0 Å². The maximum Gasteiger partial charge on any atom is -0.0157 e. The lowest BCUT2D eigenvalue weighted by Gasteiger charge is -1.97. The lowest BCUT2D eigenvalue weighted by Crippen LogP contribution is -1.85. The zero-order valence-corrected chi connectivity index (χ0v) is 7.34. The van der Waals surface area contributed by atoms with Crippen LogP contribution in [0.5, 0.6) is 0 Å². The fourth-order valence-corrected chi connectivity index (χ4v) is 2.76.